The maximum absolute atomic E-state index is 12.7. The van der Waals surface area contributed by atoms with Crippen molar-refractivity contribution < 1.29 is 9.59 Å². The summed E-state index contributed by atoms with van der Waals surface area (Å²) in [5.41, 5.74) is 1.37. The van der Waals surface area contributed by atoms with Crippen LogP contribution < -0.4 is 5.32 Å². The van der Waals surface area contributed by atoms with Crippen LogP contribution in [0.3, 0.4) is 0 Å². The summed E-state index contributed by atoms with van der Waals surface area (Å²) in [5.74, 6) is -0.0998. The highest BCUT2D eigenvalue weighted by Crippen LogP contribution is 2.26. The van der Waals surface area contributed by atoms with Crippen LogP contribution in [0.15, 0.2) is 24.3 Å². The zero-order chi connectivity index (χ0) is 16.2. The second-order valence-corrected chi connectivity index (χ2v) is 6.39. The summed E-state index contributed by atoms with van der Waals surface area (Å²) in [4.78, 5) is 26.2. The molecule has 0 aromatic heterocycles. The molecule has 4 nitrogen and oxygen atoms in total. The molecule has 1 atom stereocenters. The van der Waals surface area contributed by atoms with E-state index in [0.29, 0.717) is 13.0 Å². The van der Waals surface area contributed by atoms with Crippen LogP contribution in [0.4, 0.5) is 4.79 Å². The maximum atomic E-state index is 12.7. The van der Waals surface area contributed by atoms with Crippen molar-refractivity contribution in [2.24, 2.45) is 0 Å². The number of aryl methyl sites for hydroxylation is 1. The molecule has 3 amide bonds. The normalized spacial score (nSPS) is 21.3. The van der Waals surface area contributed by atoms with Gasteiger partial charge in [-0.25, -0.2) is 4.79 Å². The second-order valence-electron chi connectivity index (χ2n) is 6.39. The lowest BCUT2D eigenvalue weighted by Crippen LogP contribution is -2.43. The second kappa shape index (κ2) is 6.95. The average molecular weight is 302 g/mol. The fourth-order valence-corrected chi connectivity index (χ4v) is 2.92. The van der Waals surface area contributed by atoms with E-state index < -0.39 is 5.54 Å². The van der Waals surface area contributed by atoms with Gasteiger partial charge in [-0.05, 0) is 31.4 Å². The first kappa shape index (κ1) is 16.5. The number of nitrogens with one attached hydrogen (secondary N) is 1. The van der Waals surface area contributed by atoms with Crippen molar-refractivity contribution >= 4 is 11.9 Å². The van der Waals surface area contributed by atoms with E-state index in [4.69, 9.17) is 0 Å². The predicted molar refractivity (Wildman–Crippen MR) is 87.4 cm³/mol. The first-order valence-electron chi connectivity index (χ1n) is 8.16. The van der Waals surface area contributed by atoms with E-state index >= 15 is 0 Å². The highest BCUT2D eigenvalue weighted by molar-refractivity contribution is 6.06. The minimum atomic E-state index is -0.743. The van der Waals surface area contributed by atoms with Crippen molar-refractivity contribution in [1.29, 1.82) is 0 Å². The summed E-state index contributed by atoms with van der Waals surface area (Å²) in [7, 11) is 0. The van der Waals surface area contributed by atoms with Crippen LogP contribution in [0.2, 0.25) is 0 Å². The Labute approximate surface area is 132 Å². The van der Waals surface area contributed by atoms with Gasteiger partial charge in [-0.1, -0.05) is 56.9 Å². The molecule has 0 aliphatic carbocycles. The Morgan fingerprint density at radius 3 is 2.55 bits per heavy atom. The summed E-state index contributed by atoms with van der Waals surface area (Å²) in [6, 6.07) is 7.59. The molecule has 2 rings (SSSR count). The number of amides is 3. The monoisotopic (exact) mass is 302 g/mol. The van der Waals surface area contributed by atoms with E-state index in [1.54, 1.807) is 0 Å². The third-order valence-corrected chi connectivity index (χ3v) is 4.47. The fraction of sp³-hybridized carbons (Fsp3) is 0.556. The molecule has 1 aliphatic heterocycles. The van der Waals surface area contributed by atoms with Gasteiger partial charge >= 0.3 is 6.03 Å². The Morgan fingerprint density at radius 1 is 1.14 bits per heavy atom. The Bertz CT molecular complexity index is 556. The molecule has 0 saturated carbocycles. The highest BCUT2D eigenvalue weighted by Gasteiger charge is 2.47. The number of imide groups is 1. The lowest BCUT2D eigenvalue weighted by molar-refractivity contribution is -0.131. The number of nitrogens with zero attached hydrogens (tertiary/aromatic N) is 1. The topological polar surface area (TPSA) is 49.4 Å². The summed E-state index contributed by atoms with van der Waals surface area (Å²) >= 11 is 0. The molecule has 1 heterocycles. The van der Waals surface area contributed by atoms with E-state index in [2.05, 4.69) is 12.2 Å². The Balaban J connectivity index is 2.03. The summed E-state index contributed by atoms with van der Waals surface area (Å²) in [6.45, 7) is 6.35. The van der Waals surface area contributed by atoms with Gasteiger partial charge in [-0.15, -0.1) is 0 Å². The number of benzene rings is 1. The molecule has 0 radical (unpaired) electrons. The zero-order valence-electron chi connectivity index (χ0n) is 13.8. The van der Waals surface area contributed by atoms with Crippen molar-refractivity contribution in [3.8, 4) is 0 Å². The number of rotatable bonds is 7. The van der Waals surface area contributed by atoms with Crippen molar-refractivity contribution in [3.63, 3.8) is 0 Å². The van der Waals surface area contributed by atoms with Crippen molar-refractivity contribution in [3.05, 3.63) is 35.4 Å². The molecular weight excluding hydrogens is 276 g/mol. The number of urea groups is 1. The van der Waals surface area contributed by atoms with E-state index in [-0.39, 0.29) is 11.9 Å². The smallest absolute Gasteiger partial charge is 0.323 e. The van der Waals surface area contributed by atoms with Crippen LogP contribution in [0.5, 0.6) is 0 Å². The van der Waals surface area contributed by atoms with Gasteiger partial charge in [0.2, 0.25) is 0 Å². The number of carbonyl (C=O) groups is 2. The van der Waals surface area contributed by atoms with Crippen LogP contribution in [0, 0.1) is 6.92 Å². The molecule has 4 heteroatoms. The first-order chi connectivity index (χ1) is 10.5. The third kappa shape index (κ3) is 3.49. The average Bonchev–Trinajstić information content (AvgIpc) is 2.70. The lowest BCUT2D eigenvalue weighted by Gasteiger charge is -2.21. The summed E-state index contributed by atoms with van der Waals surface area (Å²) < 4.78 is 0. The number of hydrogen-bond donors (Lipinski definition) is 1. The minimum absolute atomic E-state index is 0.0998. The molecule has 1 N–H and O–H groups in total. The van der Waals surface area contributed by atoms with Crippen molar-refractivity contribution in [2.45, 2.75) is 65.0 Å². The molecule has 1 aromatic rings. The largest absolute Gasteiger partial charge is 0.325 e. The quantitative estimate of drug-likeness (QED) is 0.615. The number of unbranched alkanes of at least 4 members (excludes halogenated alkanes) is 3. The molecule has 1 saturated heterocycles. The predicted octanol–water partition coefficient (Wildman–Crippen LogP) is 3.78. The van der Waals surface area contributed by atoms with E-state index in [9.17, 15) is 9.59 Å². The summed E-state index contributed by atoms with van der Waals surface area (Å²) in [6.07, 6.45) is 5.12. The van der Waals surface area contributed by atoms with Gasteiger partial charge in [0.25, 0.3) is 5.91 Å². The standard InChI is InChI=1S/C18H26N2O2/c1-4-5-6-9-12-18(3)16(21)20(17(22)19-18)13-15-11-8-7-10-14(15)2/h7-8,10-11H,4-6,9,12-13H2,1-3H3,(H,19,22). The molecule has 22 heavy (non-hydrogen) atoms. The molecular formula is C18H26N2O2. The van der Waals surface area contributed by atoms with Crippen molar-refractivity contribution in [2.75, 3.05) is 0 Å². The molecule has 1 unspecified atom stereocenters. The van der Waals surface area contributed by atoms with Gasteiger partial charge in [-0.3, -0.25) is 9.69 Å². The highest BCUT2D eigenvalue weighted by atomic mass is 16.2. The maximum Gasteiger partial charge on any atom is 0.325 e. The van der Waals surface area contributed by atoms with Gasteiger partial charge in [0.05, 0.1) is 6.54 Å². The summed E-state index contributed by atoms with van der Waals surface area (Å²) in [5, 5.41) is 2.88. The lowest BCUT2D eigenvalue weighted by atomic mass is 9.94. The van der Waals surface area contributed by atoms with Gasteiger partial charge < -0.3 is 5.32 Å². The van der Waals surface area contributed by atoms with Crippen LogP contribution >= 0.6 is 0 Å². The van der Waals surface area contributed by atoms with E-state index in [1.807, 2.05) is 38.1 Å². The van der Waals surface area contributed by atoms with Gasteiger partial charge in [0, 0.05) is 0 Å². The first-order valence-corrected chi connectivity index (χ1v) is 8.16. The molecule has 1 fully saturated rings. The molecule has 120 valence electrons. The SMILES string of the molecule is CCCCCCC1(C)NC(=O)N(Cc2ccccc2C)C1=O. The van der Waals surface area contributed by atoms with E-state index in [0.717, 1.165) is 30.4 Å². The van der Waals surface area contributed by atoms with E-state index in [1.165, 1.54) is 11.3 Å². The Morgan fingerprint density at radius 2 is 1.86 bits per heavy atom. The minimum Gasteiger partial charge on any atom is -0.323 e. The molecule has 0 bridgehead atoms. The van der Waals surface area contributed by atoms with Crippen LogP contribution in [-0.4, -0.2) is 22.4 Å². The van der Waals surface area contributed by atoms with Gasteiger partial charge in [0.15, 0.2) is 0 Å². The van der Waals surface area contributed by atoms with Crippen LogP contribution in [0.25, 0.3) is 0 Å². The Hall–Kier alpha value is -1.84. The fourth-order valence-electron chi connectivity index (χ4n) is 2.92. The zero-order valence-corrected chi connectivity index (χ0v) is 13.8. The van der Waals surface area contributed by atoms with Gasteiger partial charge in [0.1, 0.15) is 5.54 Å². The Kier molecular flexibility index (Phi) is 5.22. The number of carbonyl (C=O) groups excluding carboxylic acids is 2. The van der Waals surface area contributed by atoms with Crippen molar-refractivity contribution in [1.82, 2.24) is 10.2 Å². The third-order valence-electron chi connectivity index (χ3n) is 4.47. The molecule has 1 aromatic carbocycles. The molecule has 0 spiro atoms. The van der Waals surface area contributed by atoms with Crippen LogP contribution in [-0.2, 0) is 11.3 Å². The van der Waals surface area contributed by atoms with Gasteiger partial charge in [-0.2, -0.15) is 0 Å². The number of hydrogen-bond acceptors (Lipinski definition) is 2. The molecule has 1 aliphatic rings. The van der Waals surface area contributed by atoms with Crippen LogP contribution in [0.1, 0.15) is 57.1 Å².